The highest BCUT2D eigenvalue weighted by Crippen LogP contribution is 2.56. The number of anilines is 1. The Balaban J connectivity index is 1.33. The number of aromatic nitrogens is 4. The van der Waals surface area contributed by atoms with E-state index in [9.17, 15) is 18.4 Å². The zero-order valence-electron chi connectivity index (χ0n) is 22.6. The first-order valence-corrected chi connectivity index (χ1v) is 13.7. The average Bonchev–Trinajstić information content (AvgIpc) is 3.84. The van der Waals surface area contributed by atoms with Crippen molar-refractivity contribution in [2.75, 3.05) is 5.32 Å². The molecule has 41 heavy (non-hydrogen) atoms. The standard InChI is InChI=1S/C30H27ClF3N5O2/c1-15-12-35-23(18-5-4-6-22(26(18)32)37-28(41)30(3)7-8-30)11-24(15)39-16(2)9-21(25(31)27(39)40)20-10-19(20)17-13-36-38(14-17)29(33)34/h4-6,9,11-14,19-20,29H,7-8,10H2,1-3H3,(H,37,41)/t19-,20+/m1/s1. The molecule has 212 valence electrons. The van der Waals surface area contributed by atoms with Gasteiger partial charge in [0.05, 0.1) is 23.3 Å². The number of nitrogens with one attached hydrogen (secondary N) is 1. The fourth-order valence-electron chi connectivity index (χ4n) is 5.28. The summed E-state index contributed by atoms with van der Waals surface area (Å²) in [7, 11) is 0. The van der Waals surface area contributed by atoms with Crippen molar-refractivity contribution in [1.82, 2.24) is 19.3 Å². The molecule has 2 saturated carbocycles. The molecule has 2 aliphatic rings. The van der Waals surface area contributed by atoms with Crippen LogP contribution >= 0.6 is 11.6 Å². The van der Waals surface area contributed by atoms with Crippen molar-refractivity contribution in [2.45, 2.75) is 58.4 Å². The molecular formula is C30H27ClF3N5O2. The Morgan fingerprint density at radius 2 is 1.93 bits per heavy atom. The lowest BCUT2D eigenvalue weighted by Crippen LogP contribution is -2.23. The van der Waals surface area contributed by atoms with Crippen molar-refractivity contribution >= 4 is 23.2 Å². The van der Waals surface area contributed by atoms with E-state index in [1.54, 1.807) is 38.2 Å². The second kappa shape index (κ2) is 9.87. The largest absolute Gasteiger partial charge is 0.333 e. The van der Waals surface area contributed by atoms with E-state index >= 15 is 4.39 Å². The molecule has 0 unspecified atom stereocenters. The summed E-state index contributed by atoms with van der Waals surface area (Å²) in [6.45, 7) is 2.70. The van der Waals surface area contributed by atoms with E-state index < -0.39 is 23.3 Å². The maximum absolute atomic E-state index is 15.6. The van der Waals surface area contributed by atoms with Crippen LogP contribution in [0.5, 0.6) is 0 Å². The maximum Gasteiger partial charge on any atom is 0.333 e. The highest BCUT2D eigenvalue weighted by Gasteiger charge is 2.45. The van der Waals surface area contributed by atoms with Gasteiger partial charge in [0.1, 0.15) is 5.02 Å². The van der Waals surface area contributed by atoms with Gasteiger partial charge in [-0.2, -0.15) is 13.9 Å². The molecule has 1 N–H and O–H groups in total. The summed E-state index contributed by atoms with van der Waals surface area (Å²) < 4.78 is 43.6. The SMILES string of the molecule is Cc1cnc(-c2cccc(NC(=O)C3(C)CC3)c2F)cc1-n1c(C)cc([C@H]2C[C@@H]2c2cnn(C(F)F)c2)c(Cl)c1=O. The van der Waals surface area contributed by atoms with E-state index in [1.165, 1.54) is 23.0 Å². The lowest BCUT2D eigenvalue weighted by Gasteiger charge is -2.17. The number of hydrogen-bond acceptors (Lipinski definition) is 4. The number of amides is 1. The normalized spacial score (nSPS) is 18.9. The van der Waals surface area contributed by atoms with Crippen LogP contribution in [0.2, 0.25) is 5.02 Å². The average molecular weight is 582 g/mol. The minimum absolute atomic E-state index is 0.0478. The molecule has 3 heterocycles. The maximum atomic E-state index is 15.6. The van der Waals surface area contributed by atoms with Crippen molar-refractivity contribution < 1.29 is 18.0 Å². The lowest BCUT2D eigenvalue weighted by molar-refractivity contribution is -0.120. The molecule has 7 nitrogen and oxygen atoms in total. The van der Waals surface area contributed by atoms with Crippen molar-refractivity contribution in [1.29, 1.82) is 0 Å². The zero-order chi connectivity index (χ0) is 29.2. The van der Waals surface area contributed by atoms with Gasteiger partial charge in [0.15, 0.2) is 5.82 Å². The third kappa shape index (κ3) is 4.84. The van der Waals surface area contributed by atoms with E-state index in [-0.39, 0.29) is 34.0 Å². The first-order chi connectivity index (χ1) is 19.5. The molecule has 2 aliphatic carbocycles. The molecule has 0 bridgehead atoms. The summed E-state index contributed by atoms with van der Waals surface area (Å²) in [5.74, 6) is -0.969. The van der Waals surface area contributed by atoms with E-state index in [4.69, 9.17) is 11.6 Å². The van der Waals surface area contributed by atoms with Gasteiger partial charge in [0.25, 0.3) is 5.56 Å². The van der Waals surface area contributed by atoms with Gasteiger partial charge in [-0.05, 0) is 85.9 Å². The summed E-state index contributed by atoms with van der Waals surface area (Å²) in [4.78, 5) is 30.5. The Bertz CT molecular complexity index is 1760. The van der Waals surface area contributed by atoms with E-state index in [2.05, 4.69) is 15.4 Å². The predicted octanol–water partition coefficient (Wildman–Crippen LogP) is 6.91. The molecule has 3 aromatic heterocycles. The topological polar surface area (TPSA) is 81.8 Å². The molecule has 1 aromatic carbocycles. The van der Waals surface area contributed by atoms with Crippen molar-refractivity contribution in [3.05, 3.63) is 92.5 Å². The van der Waals surface area contributed by atoms with Crippen molar-refractivity contribution in [2.24, 2.45) is 5.41 Å². The van der Waals surface area contributed by atoms with Gasteiger partial charge in [0.2, 0.25) is 5.91 Å². The fourth-order valence-corrected chi connectivity index (χ4v) is 5.56. The van der Waals surface area contributed by atoms with E-state index in [0.29, 0.717) is 44.9 Å². The monoisotopic (exact) mass is 581 g/mol. The number of carbonyl (C=O) groups is 1. The number of halogens is 4. The van der Waals surface area contributed by atoms with Gasteiger partial charge in [-0.1, -0.05) is 24.6 Å². The number of carbonyl (C=O) groups excluding carboxylic acids is 1. The van der Waals surface area contributed by atoms with Crippen LogP contribution in [0.1, 0.15) is 67.0 Å². The van der Waals surface area contributed by atoms with Gasteiger partial charge in [-0.15, -0.1) is 0 Å². The van der Waals surface area contributed by atoms with Crippen molar-refractivity contribution in [3.8, 4) is 16.9 Å². The number of alkyl halides is 2. The summed E-state index contributed by atoms with van der Waals surface area (Å²) in [6, 6.07) is 8.19. The second-order valence-corrected chi connectivity index (χ2v) is 11.6. The zero-order valence-corrected chi connectivity index (χ0v) is 23.3. The van der Waals surface area contributed by atoms with Gasteiger partial charge in [-0.25, -0.2) is 9.07 Å². The van der Waals surface area contributed by atoms with Gasteiger partial charge in [0, 0.05) is 29.1 Å². The lowest BCUT2D eigenvalue weighted by atomic mass is 10.0. The molecular weight excluding hydrogens is 555 g/mol. The number of nitrogens with zero attached hydrogens (tertiary/aromatic N) is 4. The Hall–Kier alpha value is -3.92. The molecule has 0 radical (unpaired) electrons. The second-order valence-electron chi connectivity index (χ2n) is 11.2. The number of benzene rings is 1. The number of rotatable bonds is 7. The van der Waals surface area contributed by atoms with Gasteiger partial charge >= 0.3 is 6.55 Å². The minimum atomic E-state index is -2.72. The highest BCUT2D eigenvalue weighted by molar-refractivity contribution is 6.31. The van der Waals surface area contributed by atoms with Crippen LogP contribution < -0.4 is 10.9 Å². The first-order valence-electron chi connectivity index (χ1n) is 13.3. The molecule has 1 amide bonds. The summed E-state index contributed by atoms with van der Waals surface area (Å²) in [5, 5.41) is 6.45. The number of pyridine rings is 2. The van der Waals surface area contributed by atoms with Crippen LogP contribution in [-0.2, 0) is 4.79 Å². The first kappa shape index (κ1) is 27.3. The molecule has 2 atom stereocenters. The molecule has 6 rings (SSSR count). The van der Waals surface area contributed by atoms with Crippen LogP contribution in [-0.4, -0.2) is 25.2 Å². The number of aryl methyl sites for hydroxylation is 2. The summed E-state index contributed by atoms with van der Waals surface area (Å²) >= 11 is 6.62. The Morgan fingerprint density at radius 1 is 1.17 bits per heavy atom. The van der Waals surface area contributed by atoms with E-state index in [1.807, 2.05) is 13.0 Å². The van der Waals surface area contributed by atoms with Gasteiger partial charge in [-0.3, -0.25) is 19.1 Å². The Kier molecular flexibility index (Phi) is 6.56. The van der Waals surface area contributed by atoms with Crippen molar-refractivity contribution in [3.63, 3.8) is 0 Å². The minimum Gasteiger partial charge on any atom is -0.323 e. The molecule has 0 aliphatic heterocycles. The predicted molar refractivity (Wildman–Crippen MR) is 149 cm³/mol. The van der Waals surface area contributed by atoms with Crippen LogP contribution in [0.15, 0.2) is 53.7 Å². The Morgan fingerprint density at radius 3 is 2.61 bits per heavy atom. The third-order valence-electron chi connectivity index (χ3n) is 8.19. The highest BCUT2D eigenvalue weighted by atomic mass is 35.5. The van der Waals surface area contributed by atoms with Crippen LogP contribution in [0.25, 0.3) is 16.9 Å². The Labute approximate surface area is 239 Å². The van der Waals surface area contributed by atoms with Crippen LogP contribution in [0.3, 0.4) is 0 Å². The third-order valence-corrected chi connectivity index (χ3v) is 8.57. The number of hydrogen-bond donors (Lipinski definition) is 1. The molecule has 4 aromatic rings. The van der Waals surface area contributed by atoms with Gasteiger partial charge < -0.3 is 5.32 Å². The summed E-state index contributed by atoms with van der Waals surface area (Å²) in [6.07, 6.45) is 6.51. The van der Waals surface area contributed by atoms with E-state index in [0.717, 1.165) is 12.8 Å². The molecule has 0 spiro atoms. The smallest absolute Gasteiger partial charge is 0.323 e. The molecule has 0 saturated heterocycles. The van der Waals surface area contributed by atoms with Crippen LogP contribution in [0.4, 0.5) is 18.9 Å². The van der Waals surface area contributed by atoms with Crippen LogP contribution in [0, 0.1) is 25.1 Å². The molecule has 2 fully saturated rings. The quantitative estimate of drug-likeness (QED) is 0.257. The fraction of sp³-hybridized carbons (Fsp3) is 0.333. The molecule has 11 heteroatoms. The summed E-state index contributed by atoms with van der Waals surface area (Å²) in [5.41, 5.74) is 2.77.